The van der Waals surface area contributed by atoms with Crippen LogP contribution < -0.4 is 5.32 Å². The summed E-state index contributed by atoms with van der Waals surface area (Å²) in [4.78, 5) is 52.3. The number of nitrogens with one attached hydrogen (secondary N) is 1. The normalized spacial score (nSPS) is 26.0. The number of aliphatic hydroxyl groups excluding tert-OH is 2. The average molecular weight is 837 g/mol. The molecule has 0 bridgehead atoms. The van der Waals surface area contributed by atoms with E-state index in [-0.39, 0.29) is 53.1 Å². The van der Waals surface area contributed by atoms with Crippen molar-refractivity contribution in [3.63, 3.8) is 0 Å². The molecule has 312 valence electrons. The molecule has 16 nitrogen and oxygen atoms in total. The summed E-state index contributed by atoms with van der Waals surface area (Å²) in [6.45, 7) is 26.6. The number of hydrogen-bond donors (Lipinski definition) is 3. The predicted octanol–water partition coefficient (Wildman–Crippen LogP) is 4.35. The number of amides is 4. The number of ether oxygens (including phenoxy) is 5. The van der Waals surface area contributed by atoms with Gasteiger partial charge in [-0.15, -0.1) is 0 Å². The maximum atomic E-state index is 11.6. The van der Waals surface area contributed by atoms with Crippen molar-refractivity contribution in [2.24, 2.45) is 0 Å². The number of likely N-dealkylation sites (tertiary alicyclic amines) is 3. The minimum atomic E-state index is -0.512. The molecule has 0 aromatic heterocycles. The van der Waals surface area contributed by atoms with Crippen LogP contribution in [0, 0.1) is 0 Å². The molecule has 3 N–H and O–H groups in total. The number of epoxide rings is 1. The molecular weight excluding hydrogens is 770 g/mol. The van der Waals surface area contributed by atoms with Gasteiger partial charge in [0.2, 0.25) is 0 Å². The number of carbonyl (C=O) groups is 4. The zero-order valence-electron chi connectivity index (χ0n) is 34.5. The Morgan fingerprint density at radius 2 is 0.907 bits per heavy atom. The number of fused-ring (bicyclic) bond motifs is 1. The number of hydrogen-bond acceptors (Lipinski definition) is 12. The summed E-state index contributed by atoms with van der Waals surface area (Å²) in [5, 5.41) is 22.0. The van der Waals surface area contributed by atoms with Crippen molar-refractivity contribution >= 4 is 40.3 Å². The van der Waals surface area contributed by atoms with Crippen molar-refractivity contribution in [1.82, 2.24) is 24.9 Å². The van der Waals surface area contributed by atoms with Crippen LogP contribution in [0.3, 0.4) is 0 Å². The Hall–Kier alpha value is -2.86. The predicted molar refractivity (Wildman–Crippen MR) is 207 cm³/mol. The van der Waals surface area contributed by atoms with Crippen LogP contribution >= 0.6 is 15.9 Å². The lowest BCUT2D eigenvalue weighted by Crippen LogP contribution is -2.38. The van der Waals surface area contributed by atoms with Gasteiger partial charge in [-0.25, -0.2) is 19.2 Å². The lowest BCUT2D eigenvalue weighted by atomic mass is 10.2. The molecule has 0 radical (unpaired) electrons. The lowest BCUT2D eigenvalue weighted by Gasteiger charge is -2.24. The fourth-order valence-corrected chi connectivity index (χ4v) is 5.72. The Labute approximate surface area is 329 Å². The van der Waals surface area contributed by atoms with Gasteiger partial charge in [0.15, 0.2) is 0 Å². The van der Waals surface area contributed by atoms with Gasteiger partial charge in [0.1, 0.15) is 34.6 Å². The van der Waals surface area contributed by atoms with E-state index in [1.807, 2.05) is 95.2 Å². The third-order valence-corrected chi connectivity index (χ3v) is 8.69. The summed E-state index contributed by atoms with van der Waals surface area (Å²) < 4.78 is 26.0. The van der Waals surface area contributed by atoms with E-state index in [1.165, 1.54) is 9.80 Å². The molecule has 4 amide bonds. The number of alkyl halides is 1. The van der Waals surface area contributed by atoms with Gasteiger partial charge in [0.25, 0.3) is 0 Å². The van der Waals surface area contributed by atoms with E-state index in [9.17, 15) is 29.4 Å². The average Bonchev–Trinajstić information content (AvgIpc) is 3.49. The molecule has 0 spiro atoms. The Morgan fingerprint density at radius 3 is 1.22 bits per heavy atom. The van der Waals surface area contributed by atoms with Crippen LogP contribution in [0.1, 0.15) is 83.1 Å². The van der Waals surface area contributed by atoms with Gasteiger partial charge in [-0.1, -0.05) is 28.1 Å². The van der Waals surface area contributed by atoms with Crippen LogP contribution in [-0.4, -0.2) is 171 Å². The van der Waals surface area contributed by atoms with Crippen molar-refractivity contribution in [2.75, 3.05) is 59.4 Å². The molecule has 0 aliphatic carbocycles. The summed E-state index contributed by atoms with van der Waals surface area (Å²) in [6, 6.07) is -0.0579. The van der Waals surface area contributed by atoms with Crippen LogP contribution in [-0.2, 0) is 23.7 Å². The van der Waals surface area contributed by atoms with Crippen molar-refractivity contribution < 1.29 is 53.1 Å². The van der Waals surface area contributed by atoms with Crippen molar-refractivity contribution in [3.05, 3.63) is 12.2 Å². The number of likely N-dealkylation sites (N-methyl/N-ethyl adjacent to an activating group) is 1. The summed E-state index contributed by atoms with van der Waals surface area (Å²) in [5.74, 6) is 0. The highest BCUT2D eigenvalue weighted by Crippen LogP contribution is 2.31. The first kappa shape index (κ1) is 47.3. The summed E-state index contributed by atoms with van der Waals surface area (Å²) >= 11 is 3.29. The highest BCUT2D eigenvalue weighted by atomic mass is 79.9. The van der Waals surface area contributed by atoms with Crippen LogP contribution in [0.2, 0.25) is 0 Å². The van der Waals surface area contributed by atoms with Gasteiger partial charge in [0.05, 0.1) is 49.3 Å². The van der Waals surface area contributed by atoms with Crippen LogP contribution in [0.4, 0.5) is 19.2 Å². The van der Waals surface area contributed by atoms with Crippen molar-refractivity contribution in [3.8, 4) is 0 Å². The number of aliphatic hydroxyl groups is 2. The van der Waals surface area contributed by atoms with Gasteiger partial charge in [0, 0.05) is 26.2 Å². The van der Waals surface area contributed by atoms with Gasteiger partial charge in [-0.3, -0.25) is 0 Å². The quantitative estimate of drug-likeness (QED) is 0.147. The van der Waals surface area contributed by atoms with Gasteiger partial charge in [-0.05, 0) is 90.1 Å². The monoisotopic (exact) mass is 835 g/mol. The summed E-state index contributed by atoms with van der Waals surface area (Å²) in [7, 11) is 1.77. The van der Waals surface area contributed by atoms with Crippen LogP contribution in [0.15, 0.2) is 12.2 Å². The number of carbonyl (C=O) groups excluding carboxylic acids is 4. The lowest BCUT2D eigenvalue weighted by molar-refractivity contribution is 0.0226. The first-order valence-electron chi connectivity index (χ1n) is 18.5. The Kier molecular flexibility index (Phi) is 16.9. The third-order valence-electron chi connectivity index (χ3n) is 7.79. The van der Waals surface area contributed by atoms with E-state index in [0.717, 1.165) is 0 Å². The van der Waals surface area contributed by atoms with Gasteiger partial charge in [-0.2, -0.15) is 0 Å². The molecule has 17 heteroatoms. The molecule has 54 heavy (non-hydrogen) atoms. The molecule has 0 aromatic carbocycles. The molecule has 0 saturated carbocycles. The topological polar surface area (TPSA) is 183 Å². The summed E-state index contributed by atoms with van der Waals surface area (Å²) in [5.41, 5.74) is -1.75. The Bertz CT molecular complexity index is 1260. The number of β-amino-alcohol motifs (C(OH)–C–C–N with tert-alkyl or cyclic N) is 2. The molecule has 5 aliphatic rings. The first-order chi connectivity index (χ1) is 24.6. The molecule has 2 unspecified atom stereocenters. The maximum absolute atomic E-state index is 11.6. The number of nitrogens with zero attached hydrogens (tertiary/aromatic N) is 4. The largest absolute Gasteiger partial charge is 0.444 e. The molecular formula is C37H66BrN5O11. The minimum absolute atomic E-state index is 0.0463. The second kappa shape index (κ2) is 19.3. The van der Waals surface area contributed by atoms with Crippen LogP contribution in [0.5, 0.6) is 0 Å². The molecule has 5 rings (SSSR count). The Morgan fingerprint density at radius 1 is 0.574 bits per heavy atom. The van der Waals surface area contributed by atoms with E-state index in [2.05, 4.69) is 21.2 Å². The molecule has 4 saturated heterocycles. The molecule has 5 aliphatic heterocycles. The van der Waals surface area contributed by atoms with E-state index in [1.54, 1.807) is 16.8 Å². The maximum Gasteiger partial charge on any atom is 0.410 e. The second-order valence-corrected chi connectivity index (χ2v) is 18.9. The highest BCUT2D eigenvalue weighted by molar-refractivity contribution is 9.09. The molecule has 4 fully saturated rings. The number of halogens is 1. The third kappa shape index (κ3) is 17.7. The highest BCUT2D eigenvalue weighted by Gasteiger charge is 2.49. The SMILES string of the molecule is CC(C)(C)OC(=O)N1CC2OC2C1.CC(C)(C)OC(=O)N1CC=CC1.CC(C)(C)OC(=O)N1C[C@H](O)[C@@H](Br)C1.CN[C@H]1CN(C(=O)OC(C)(C)C)C[C@@H]1O. The van der Waals surface area contributed by atoms with E-state index in [4.69, 9.17) is 23.7 Å². The fraction of sp³-hybridized carbons (Fsp3) is 0.838. The summed E-state index contributed by atoms with van der Waals surface area (Å²) in [6.07, 6.45) is 2.31. The van der Waals surface area contributed by atoms with Gasteiger partial charge >= 0.3 is 24.4 Å². The first-order valence-corrected chi connectivity index (χ1v) is 19.4. The minimum Gasteiger partial charge on any atom is -0.444 e. The van der Waals surface area contributed by atoms with Crippen molar-refractivity contribution in [1.29, 1.82) is 0 Å². The van der Waals surface area contributed by atoms with E-state index >= 15 is 0 Å². The van der Waals surface area contributed by atoms with Gasteiger partial charge < -0.3 is 58.8 Å². The number of rotatable bonds is 1. The fourth-order valence-electron chi connectivity index (χ4n) is 5.21. The zero-order valence-corrected chi connectivity index (χ0v) is 36.1. The zero-order chi connectivity index (χ0) is 41.4. The second-order valence-electron chi connectivity index (χ2n) is 17.8. The molecule has 0 aromatic rings. The molecule has 6 atom stereocenters. The standard InChI is InChI=1S/C10H20N2O3.C9H16BrNO3.C9H15NO3.C9H15NO2/c1-10(2,3)15-9(14)12-5-7(11-4)8(13)6-12;1-9(2,3)14-8(13)11-4-6(10)7(12)5-11;1-9(2,3)13-8(11)10-4-6-7(5-10)12-6;1-9(2,3)12-8(11)10-6-4-5-7-10/h7-8,11,13H,5-6H2,1-4H3;6-7,12H,4-5H2,1-3H3;6-7H,4-5H2,1-3H3;4-5H,6-7H2,1-3H3/t7-,8-;6-,7-;;/m00../s1. The molecule has 5 heterocycles. The van der Waals surface area contributed by atoms with E-state index in [0.29, 0.717) is 52.4 Å². The van der Waals surface area contributed by atoms with Crippen LogP contribution in [0.25, 0.3) is 0 Å². The smallest absolute Gasteiger partial charge is 0.410 e. The van der Waals surface area contributed by atoms with E-state index < -0.39 is 29.0 Å². The number of morpholine rings is 1. The van der Waals surface area contributed by atoms with Crippen molar-refractivity contribution in [2.45, 2.75) is 141 Å². The Balaban J connectivity index is 0.000000250.